The highest BCUT2D eigenvalue weighted by Gasteiger charge is 2.25. The summed E-state index contributed by atoms with van der Waals surface area (Å²) in [5.41, 5.74) is 4.18. The number of rotatable bonds is 5. The Hall–Kier alpha value is -4.84. The Morgan fingerprint density at radius 2 is 1.49 bits per heavy atom. The SMILES string of the molecule is COC(=O)c1c(-c2ccccc2)c2cc(-c3ccccc3)ccc2c(=O)n1Cc1ccc2c(c1)OCO2. The van der Waals surface area contributed by atoms with Crippen LogP contribution < -0.4 is 15.0 Å². The van der Waals surface area contributed by atoms with Crippen molar-refractivity contribution in [3.63, 3.8) is 0 Å². The Morgan fingerprint density at radius 3 is 2.22 bits per heavy atom. The summed E-state index contributed by atoms with van der Waals surface area (Å²) >= 11 is 0. The quantitative estimate of drug-likeness (QED) is 0.288. The minimum atomic E-state index is -0.580. The van der Waals surface area contributed by atoms with E-state index in [0.29, 0.717) is 27.8 Å². The van der Waals surface area contributed by atoms with E-state index < -0.39 is 5.97 Å². The van der Waals surface area contributed by atoms with Crippen LogP contribution in [0.15, 0.2) is 102 Å². The summed E-state index contributed by atoms with van der Waals surface area (Å²) in [6.07, 6.45) is 0. The van der Waals surface area contributed by atoms with Crippen LogP contribution in [0, 0.1) is 0 Å². The van der Waals surface area contributed by atoms with Crippen LogP contribution in [0.4, 0.5) is 0 Å². The summed E-state index contributed by atoms with van der Waals surface area (Å²) in [5.74, 6) is 0.687. The van der Waals surface area contributed by atoms with Gasteiger partial charge in [0.05, 0.1) is 13.7 Å². The normalized spacial score (nSPS) is 12.0. The van der Waals surface area contributed by atoms with Crippen LogP contribution in [-0.4, -0.2) is 24.4 Å². The second kappa shape index (κ2) is 9.32. The maximum absolute atomic E-state index is 13.9. The summed E-state index contributed by atoms with van der Waals surface area (Å²) < 4.78 is 17.7. The molecule has 0 fully saturated rings. The minimum Gasteiger partial charge on any atom is -0.464 e. The van der Waals surface area contributed by atoms with Gasteiger partial charge in [-0.3, -0.25) is 9.36 Å². The van der Waals surface area contributed by atoms with Gasteiger partial charge >= 0.3 is 5.97 Å². The van der Waals surface area contributed by atoms with E-state index in [1.54, 1.807) is 0 Å². The van der Waals surface area contributed by atoms with E-state index in [1.807, 2.05) is 97.1 Å². The number of nitrogens with zero attached hydrogens (tertiary/aromatic N) is 1. The van der Waals surface area contributed by atoms with E-state index in [-0.39, 0.29) is 24.6 Å². The zero-order valence-corrected chi connectivity index (χ0v) is 20.1. The summed E-state index contributed by atoms with van der Waals surface area (Å²) in [7, 11) is 1.33. The van der Waals surface area contributed by atoms with E-state index in [4.69, 9.17) is 14.2 Å². The Labute approximate surface area is 213 Å². The first-order valence-corrected chi connectivity index (χ1v) is 11.9. The van der Waals surface area contributed by atoms with E-state index >= 15 is 0 Å². The number of esters is 1. The predicted molar refractivity (Wildman–Crippen MR) is 142 cm³/mol. The zero-order valence-electron chi connectivity index (χ0n) is 20.1. The minimum absolute atomic E-state index is 0.157. The van der Waals surface area contributed by atoms with Gasteiger partial charge in [0, 0.05) is 10.9 Å². The number of aromatic nitrogens is 1. The molecule has 2 heterocycles. The lowest BCUT2D eigenvalue weighted by Gasteiger charge is -2.19. The molecule has 0 bridgehead atoms. The fourth-order valence-electron chi connectivity index (χ4n) is 4.84. The molecule has 182 valence electrons. The van der Waals surface area contributed by atoms with Crippen LogP contribution in [0.25, 0.3) is 33.0 Å². The van der Waals surface area contributed by atoms with Crippen molar-refractivity contribution in [3.05, 3.63) is 119 Å². The Kier molecular flexibility index (Phi) is 5.69. The topological polar surface area (TPSA) is 66.8 Å². The molecule has 6 nitrogen and oxygen atoms in total. The molecule has 1 aromatic heterocycles. The smallest absolute Gasteiger partial charge is 0.355 e. The number of pyridine rings is 1. The molecule has 0 aliphatic carbocycles. The monoisotopic (exact) mass is 489 g/mol. The van der Waals surface area contributed by atoms with Crippen molar-refractivity contribution in [2.75, 3.05) is 13.9 Å². The zero-order chi connectivity index (χ0) is 25.4. The number of methoxy groups -OCH3 is 1. The van der Waals surface area contributed by atoms with Gasteiger partial charge in [0.2, 0.25) is 6.79 Å². The van der Waals surface area contributed by atoms with Crippen molar-refractivity contribution in [3.8, 4) is 33.8 Å². The van der Waals surface area contributed by atoms with E-state index in [1.165, 1.54) is 11.7 Å². The molecule has 0 radical (unpaired) electrons. The first-order valence-electron chi connectivity index (χ1n) is 11.9. The molecule has 37 heavy (non-hydrogen) atoms. The highest BCUT2D eigenvalue weighted by molar-refractivity contribution is 6.07. The van der Waals surface area contributed by atoms with Crippen molar-refractivity contribution >= 4 is 16.7 Å². The molecule has 0 unspecified atom stereocenters. The van der Waals surface area contributed by atoms with Crippen molar-refractivity contribution in [1.82, 2.24) is 4.57 Å². The lowest BCUT2D eigenvalue weighted by atomic mass is 9.93. The molecule has 5 aromatic rings. The van der Waals surface area contributed by atoms with E-state index in [2.05, 4.69) is 0 Å². The number of hydrogen-bond donors (Lipinski definition) is 0. The van der Waals surface area contributed by atoms with Gasteiger partial charge in [0.25, 0.3) is 5.56 Å². The molecule has 0 N–H and O–H groups in total. The molecule has 1 aliphatic rings. The van der Waals surface area contributed by atoms with Crippen molar-refractivity contribution in [2.24, 2.45) is 0 Å². The van der Waals surface area contributed by atoms with Crippen molar-refractivity contribution < 1.29 is 19.0 Å². The third-order valence-corrected chi connectivity index (χ3v) is 6.60. The molecular formula is C31H23NO5. The van der Waals surface area contributed by atoms with Crippen molar-refractivity contribution in [2.45, 2.75) is 6.54 Å². The van der Waals surface area contributed by atoms with Crippen LogP contribution in [0.2, 0.25) is 0 Å². The van der Waals surface area contributed by atoms with Gasteiger partial charge < -0.3 is 14.2 Å². The third-order valence-electron chi connectivity index (χ3n) is 6.60. The summed E-state index contributed by atoms with van der Waals surface area (Å²) in [5, 5.41) is 1.21. The van der Waals surface area contributed by atoms with Crippen molar-refractivity contribution in [1.29, 1.82) is 0 Å². The molecule has 0 amide bonds. The first kappa shape index (κ1) is 22.6. The largest absolute Gasteiger partial charge is 0.464 e. The van der Waals surface area contributed by atoms with Gasteiger partial charge in [-0.2, -0.15) is 0 Å². The molecular weight excluding hydrogens is 466 g/mol. The van der Waals surface area contributed by atoms with Gasteiger partial charge in [0.15, 0.2) is 11.5 Å². The Morgan fingerprint density at radius 1 is 0.784 bits per heavy atom. The lowest BCUT2D eigenvalue weighted by Crippen LogP contribution is -2.28. The Bertz CT molecular complexity index is 1690. The maximum atomic E-state index is 13.9. The number of benzene rings is 4. The highest BCUT2D eigenvalue weighted by atomic mass is 16.7. The Balaban J connectivity index is 1.65. The molecule has 6 rings (SSSR count). The van der Waals surface area contributed by atoms with Gasteiger partial charge in [-0.1, -0.05) is 72.8 Å². The number of carbonyl (C=O) groups is 1. The molecule has 4 aromatic carbocycles. The summed E-state index contributed by atoms with van der Waals surface area (Å²) in [4.78, 5) is 27.3. The van der Waals surface area contributed by atoms with Crippen LogP contribution >= 0.6 is 0 Å². The van der Waals surface area contributed by atoms with Gasteiger partial charge in [-0.15, -0.1) is 0 Å². The van der Waals surface area contributed by atoms with E-state index in [0.717, 1.165) is 22.3 Å². The molecule has 0 spiro atoms. The van der Waals surface area contributed by atoms with Crippen LogP contribution in [-0.2, 0) is 11.3 Å². The fraction of sp³-hybridized carbons (Fsp3) is 0.0968. The maximum Gasteiger partial charge on any atom is 0.355 e. The second-order valence-corrected chi connectivity index (χ2v) is 8.79. The fourth-order valence-corrected chi connectivity index (χ4v) is 4.84. The number of hydrogen-bond acceptors (Lipinski definition) is 5. The molecule has 1 aliphatic heterocycles. The van der Waals surface area contributed by atoms with Crippen LogP contribution in [0.1, 0.15) is 16.1 Å². The number of carbonyl (C=O) groups excluding carboxylic acids is 1. The average Bonchev–Trinajstić information content (AvgIpc) is 3.42. The lowest BCUT2D eigenvalue weighted by molar-refractivity contribution is 0.0588. The number of fused-ring (bicyclic) bond motifs is 2. The van der Waals surface area contributed by atoms with Gasteiger partial charge in [-0.25, -0.2) is 4.79 Å². The van der Waals surface area contributed by atoms with Gasteiger partial charge in [-0.05, 0) is 51.9 Å². The molecule has 0 saturated heterocycles. The summed E-state index contributed by atoms with van der Waals surface area (Å²) in [6, 6.07) is 30.8. The third kappa shape index (κ3) is 4.02. The molecule has 6 heteroatoms. The summed E-state index contributed by atoms with van der Waals surface area (Å²) in [6.45, 7) is 0.320. The molecule has 0 saturated carbocycles. The average molecular weight is 490 g/mol. The van der Waals surface area contributed by atoms with Gasteiger partial charge in [0.1, 0.15) is 5.69 Å². The molecule has 0 atom stereocenters. The number of ether oxygens (including phenoxy) is 3. The van der Waals surface area contributed by atoms with Crippen LogP contribution in [0.5, 0.6) is 11.5 Å². The first-order chi connectivity index (χ1) is 18.1. The standard InChI is InChI=1S/C31H23NO5/c1-35-31(34)29-28(22-10-6-3-7-11-22)25-17-23(21-8-4-2-5-9-21)13-14-24(25)30(33)32(29)18-20-12-15-26-27(16-20)37-19-36-26/h2-17H,18-19H2,1H3. The van der Waals surface area contributed by atoms with E-state index in [9.17, 15) is 9.59 Å². The predicted octanol–water partition coefficient (Wildman–Crippen LogP) is 5.90. The highest BCUT2D eigenvalue weighted by Crippen LogP contribution is 2.36. The second-order valence-electron chi connectivity index (χ2n) is 8.79. The van der Waals surface area contributed by atoms with Crippen LogP contribution in [0.3, 0.4) is 0 Å².